The molecule has 0 saturated heterocycles. The minimum atomic E-state index is -3.27. The van der Waals surface area contributed by atoms with E-state index in [1.807, 2.05) is 41.4 Å². The van der Waals surface area contributed by atoms with Crippen LogP contribution in [0.1, 0.15) is 18.7 Å². The highest BCUT2D eigenvalue weighted by Gasteiger charge is 2.34. The number of nitrogens with one attached hydrogen (secondary N) is 1. The first-order valence-electron chi connectivity index (χ1n) is 9.44. The van der Waals surface area contributed by atoms with Crippen LogP contribution in [0.5, 0.6) is 0 Å². The van der Waals surface area contributed by atoms with Gasteiger partial charge in [0.05, 0.1) is 39.0 Å². The number of sulfone groups is 1. The van der Waals surface area contributed by atoms with Crippen molar-refractivity contribution < 1.29 is 13.5 Å². The van der Waals surface area contributed by atoms with Crippen molar-refractivity contribution in [2.75, 3.05) is 11.3 Å². The van der Waals surface area contributed by atoms with Gasteiger partial charge >= 0.3 is 0 Å². The summed E-state index contributed by atoms with van der Waals surface area (Å²) in [4.78, 5) is 6.47. The van der Waals surface area contributed by atoms with Crippen molar-refractivity contribution in [3.63, 3.8) is 0 Å². The van der Waals surface area contributed by atoms with Gasteiger partial charge in [0.15, 0.2) is 9.84 Å². The number of benzene rings is 1. The van der Waals surface area contributed by atoms with Gasteiger partial charge in [-0.15, -0.1) is 11.3 Å². The van der Waals surface area contributed by atoms with E-state index in [-0.39, 0.29) is 6.04 Å². The standard InChI is InChI=1S/C22H23N3O3S2/c1-22(2,26)21-13-18(25(24-21)16-7-5-11-23-14-16)20-10-9-19(29-20)15-6-4-8-17(12-15)30(3,27)28/h4-14,21,24,26H,1-3H3. The van der Waals surface area contributed by atoms with E-state index in [9.17, 15) is 13.5 Å². The highest BCUT2D eigenvalue weighted by molar-refractivity contribution is 7.90. The maximum absolute atomic E-state index is 11.9. The van der Waals surface area contributed by atoms with Crippen LogP contribution < -0.4 is 10.4 Å². The second kappa shape index (κ2) is 7.63. The van der Waals surface area contributed by atoms with E-state index in [1.165, 1.54) is 6.26 Å². The zero-order chi connectivity index (χ0) is 21.5. The maximum Gasteiger partial charge on any atom is 0.175 e. The monoisotopic (exact) mass is 441 g/mol. The molecule has 0 aliphatic carbocycles. The van der Waals surface area contributed by atoms with Crippen molar-refractivity contribution in [1.82, 2.24) is 10.4 Å². The molecule has 1 aromatic carbocycles. The van der Waals surface area contributed by atoms with Crippen molar-refractivity contribution in [2.45, 2.75) is 30.4 Å². The molecule has 4 rings (SSSR count). The summed E-state index contributed by atoms with van der Waals surface area (Å²) in [6.45, 7) is 3.53. The number of nitrogens with zero attached hydrogens (tertiary/aromatic N) is 2. The summed E-state index contributed by atoms with van der Waals surface area (Å²) in [7, 11) is -3.27. The van der Waals surface area contributed by atoms with Crippen LogP contribution in [-0.4, -0.2) is 36.4 Å². The quantitative estimate of drug-likeness (QED) is 0.628. The van der Waals surface area contributed by atoms with Crippen molar-refractivity contribution in [3.05, 3.63) is 71.9 Å². The third kappa shape index (κ3) is 4.17. The highest BCUT2D eigenvalue weighted by Crippen LogP contribution is 2.38. The minimum absolute atomic E-state index is 0.271. The normalized spacial score (nSPS) is 17.3. The van der Waals surface area contributed by atoms with Gasteiger partial charge in [0.1, 0.15) is 0 Å². The molecule has 156 valence electrons. The van der Waals surface area contributed by atoms with Crippen LogP contribution in [0.3, 0.4) is 0 Å². The Morgan fingerprint density at radius 1 is 1.13 bits per heavy atom. The first-order chi connectivity index (χ1) is 14.1. The van der Waals surface area contributed by atoms with Gasteiger partial charge in [0.25, 0.3) is 0 Å². The van der Waals surface area contributed by atoms with E-state index in [1.54, 1.807) is 55.8 Å². The summed E-state index contributed by atoms with van der Waals surface area (Å²) in [6, 6.07) is 14.5. The van der Waals surface area contributed by atoms with Gasteiger partial charge < -0.3 is 5.11 Å². The molecule has 1 unspecified atom stereocenters. The molecule has 1 aliphatic heterocycles. The van der Waals surface area contributed by atoms with Crippen LogP contribution in [0.2, 0.25) is 0 Å². The first-order valence-corrected chi connectivity index (χ1v) is 12.1. The Hall–Kier alpha value is -2.52. The molecule has 2 aromatic heterocycles. The number of pyridine rings is 1. The average Bonchev–Trinajstić information content (AvgIpc) is 3.35. The number of anilines is 1. The zero-order valence-electron chi connectivity index (χ0n) is 16.9. The van der Waals surface area contributed by atoms with Crippen LogP contribution >= 0.6 is 11.3 Å². The topological polar surface area (TPSA) is 82.5 Å². The fraction of sp³-hybridized carbons (Fsp3) is 0.227. The molecule has 0 amide bonds. The van der Waals surface area contributed by atoms with E-state index >= 15 is 0 Å². The molecule has 0 fully saturated rings. The lowest BCUT2D eigenvalue weighted by Crippen LogP contribution is -2.48. The Balaban J connectivity index is 1.73. The summed E-state index contributed by atoms with van der Waals surface area (Å²) in [6.07, 6.45) is 6.70. The molecule has 0 bridgehead atoms. The lowest BCUT2D eigenvalue weighted by Gasteiger charge is -2.28. The lowest BCUT2D eigenvalue weighted by molar-refractivity contribution is 0.0573. The van der Waals surface area contributed by atoms with Gasteiger partial charge in [0.2, 0.25) is 0 Å². The predicted molar refractivity (Wildman–Crippen MR) is 121 cm³/mol. The van der Waals surface area contributed by atoms with E-state index in [0.29, 0.717) is 4.90 Å². The van der Waals surface area contributed by atoms with Gasteiger partial charge in [-0.2, -0.15) is 0 Å². The van der Waals surface area contributed by atoms with E-state index in [2.05, 4.69) is 10.4 Å². The van der Waals surface area contributed by atoms with E-state index in [0.717, 1.165) is 26.7 Å². The summed E-state index contributed by atoms with van der Waals surface area (Å²) in [5.74, 6) is 0. The second-order valence-corrected chi connectivity index (χ2v) is 10.9. The fourth-order valence-corrected chi connectivity index (χ4v) is 4.93. The molecule has 0 saturated carbocycles. The Morgan fingerprint density at radius 3 is 2.57 bits per heavy atom. The minimum Gasteiger partial charge on any atom is -0.388 e. The molecule has 30 heavy (non-hydrogen) atoms. The molecular weight excluding hydrogens is 418 g/mol. The molecule has 0 radical (unpaired) electrons. The Labute approximate surface area is 180 Å². The van der Waals surface area contributed by atoms with Gasteiger partial charge in [-0.25, -0.2) is 13.8 Å². The molecule has 1 aliphatic rings. The van der Waals surface area contributed by atoms with Gasteiger partial charge in [0, 0.05) is 17.3 Å². The Bertz CT molecular complexity index is 1200. The molecule has 2 N–H and O–H groups in total. The third-order valence-corrected chi connectivity index (χ3v) is 7.17. The lowest BCUT2D eigenvalue weighted by atomic mass is 9.99. The number of hydrogen-bond donors (Lipinski definition) is 2. The van der Waals surface area contributed by atoms with Gasteiger partial charge in [-0.3, -0.25) is 9.99 Å². The molecule has 6 nitrogen and oxygen atoms in total. The van der Waals surface area contributed by atoms with Crippen molar-refractivity contribution in [2.24, 2.45) is 0 Å². The van der Waals surface area contributed by atoms with Crippen LogP contribution in [0.25, 0.3) is 16.1 Å². The number of hydrazine groups is 1. The van der Waals surface area contributed by atoms with Crippen molar-refractivity contribution >= 4 is 32.6 Å². The van der Waals surface area contributed by atoms with Crippen LogP contribution in [0.15, 0.2) is 71.9 Å². The third-order valence-electron chi connectivity index (χ3n) is 4.90. The number of aromatic nitrogens is 1. The van der Waals surface area contributed by atoms with Gasteiger partial charge in [-0.05, 0) is 61.9 Å². The Morgan fingerprint density at radius 2 is 1.90 bits per heavy atom. The largest absolute Gasteiger partial charge is 0.388 e. The number of hydrogen-bond acceptors (Lipinski definition) is 7. The predicted octanol–water partition coefficient (Wildman–Crippen LogP) is 3.72. The first kappa shape index (κ1) is 20.7. The molecule has 0 spiro atoms. The summed E-state index contributed by atoms with van der Waals surface area (Å²) in [5, 5.41) is 12.5. The van der Waals surface area contributed by atoms with E-state index < -0.39 is 15.4 Å². The van der Waals surface area contributed by atoms with E-state index in [4.69, 9.17) is 0 Å². The summed E-state index contributed by atoms with van der Waals surface area (Å²) in [5.41, 5.74) is 5.04. The zero-order valence-corrected chi connectivity index (χ0v) is 18.5. The highest BCUT2D eigenvalue weighted by atomic mass is 32.2. The molecule has 3 aromatic rings. The van der Waals surface area contributed by atoms with Gasteiger partial charge in [-0.1, -0.05) is 12.1 Å². The van der Waals surface area contributed by atoms with Crippen molar-refractivity contribution in [3.8, 4) is 10.4 Å². The number of rotatable bonds is 5. The second-order valence-electron chi connectivity index (χ2n) is 7.82. The van der Waals surface area contributed by atoms with Crippen LogP contribution in [0, 0.1) is 0 Å². The average molecular weight is 442 g/mol. The van der Waals surface area contributed by atoms with Crippen LogP contribution in [0.4, 0.5) is 5.69 Å². The Kier molecular flexibility index (Phi) is 5.27. The fourth-order valence-electron chi connectivity index (χ4n) is 3.24. The maximum atomic E-state index is 11.9. The SMILES string of the molecule is CC(C)(O)C1C=C(c2ccc(-c3cccc(S(C)(=O)=O)c3)s2)N(c2cccnc2)N1. The molecule has 8 heteroatoms. The smallest absolute Gasteiger partial charge is 0.175 e. The van der Waals surface area contributed by atoms with Crippen molar-refractivity contribution in [1.29, 1.82) is 0 Å². The van der Waals surface area contributed by atoms with Crippen LogP contribution in [-0.2, 0) is 9.84 Å². The summed E-state index contributed by atoms with van der Waals surface area (Å²) < 4.78 is 23.8. The molecule has 3 heterocycles. The molecule has 1 atom stereocenters. The number of thiophene rings is 1. The molecular formula is C22H23N3O3S2. The number of aliphatic hydroxyl groups is 1. The summed E-state index contributed by atoms with van der Waals surface area (Å²) >= 11 is 1.57.